The van der Waals surface area contributed by atoms with Gasteiger partial charge in [0, 0.05) is 23.2 Å². The van der Waals surface area contributed by atoms with Crippen LogP contribution in [0.1, 0.15) is 5.76 Å². The summed E-state index contributed by atoms with van der Waals surface area (Å²) in [5.41, 5.74) is 1.36. The lowest BCUT2D eigenvalue weighted by Gasteiger charge is -2.12. The molecule has 25 heavy (non-hydrogen) atoms. The Hall–Kier alpha value is -3.33. The molecule has 1 N–H and O–H groups in total. The molecule has 2 aromatic heterocycles. The largest absolute Gasteiger partial charge is 0.433 e. The van der Waals surface area contributed by atoms with E-state index in [2.05, 4.69) is 4.98 Å². The van der Waals surface area contributed by atoms with Crippen LogP contribution in [0.25, 0.3) is 17.0 Å². The third kappa shape index (κ3) is 2.60. The van der Waals surface area contributed by atoms with Crippen molar-refractivity contribution >= 4 is 51.5 Å². The molecule has 9 heteroatoms. The Morgan fingerprint density at radius 2 is 2.04 bits per heavy atom. The number of carbonyl (C=O) groups is 2. The number of aromatic nitrogens is 1. The highest BCUT2D eigenvalue weighted by molar-refractivity contribution is 8.19. The number of H-pyrrole nitrogens is 1. The number of hydrogen-bond acceptors (Lipinski definition) is 6. The number of anilines is 1. The number of nitro groups is 1. The predicted molar refractivity (Wildman–Crippen MR) is 92.1 cm³/mol. The van der Waals surface area contributed by atoms with E-state index < -0.39 is 22.0 Å². The van der Waals surface area contributed by atoms with Crippen LogP contribution in [0.5, 0.6) is 0 Å². The summed E-state index contributed by atoms with van der Waals surface area (Å²) in [4.78, 5) is 39.0. The third-order valence-electron chi connectivity index (χ3n) is 3.65. The molecule has 2 amide bonds. The van der Waals surface area contributed by atoms with Crippen molar-refractivity contribution < 1.29 is 18.9 Å². The molecule has 1 fully saturated rings. The van der Waals surface area contributed by atoms with Crippen molar-refractivity contribution in [3.8, 4) is 0 Å². The number of fused-ring (bicyclic) bond motifs is 1. The summed E-state index contributed by atoms with van der Waals surface area (Å²) < 4.78 is 5.00. The Bertz CT molecular complexity index is 1060. The highest BCUT2D eigenvalue weighted by atomic mass is 32.2. The summed E-state index contributed by atoms with van der Waals surface area (Å²) in [6, 6.07) is 9.61. The first-order valence-corrected chi connectivity index (χ1v) is 7.94. The van der Waals surface area contributed by atoms with Crippen molar-refractivity contribution in [2.75, 3.05) is 4.90 Å². The Morgan fingerprint density at radius 3 is 2.80 bits per heavy atom. The van der Waals surface area contributed by atoms with Gasteiger partial charge in [0.1, 0.15) is 10.7 Å². The highest BCUT2D eigenvalue weighted by Gasteiger charge is 2.36. The van der Waals surface area contributed by atoms with E-state index >= 15 is 0 Å². The van der Waals surface area contributed by atoms with Gasteiger partial charge in [-0.25, -0.2) is 4.90 Å². The molecule has 124 valence electrons. The zero-order valence-electron chi connectivity index (χ0n) is 12.5. The van der Waals surface area contributed by atoms with Crippen LogP contribution in [-0.4, -0.2) is 21.1 Å². The van der Waals surface area contributed by atoms with E-state index in [4.69, 9.17) is 4.42 Å². The molecule has 1 aliphatic rings. The Morgan fingerprint density at radius 1 is 1.20 bits per heavy atom. The zero-order valence-corrected chi connectivity index (χ0v) is 13.3. The normalized spacial score (nSPS) is 16.3. The number of imide groups is 1. The van der Waals surface area contributed by atoms with Crippen LogP contribution in [0.2, 0.25) is 0 Å². The van der Waals surface area contributed by atoms with Crippen LogP contribution in [0, 0.1) is 10.1 Å². The number of nitrogens with zero attached hydrogens (tertiary/aromatic N) is 2. The van der Waals surface area contributed by atoms with E-state index in [0.29, 0.717) is 5.69 Å². The van der Waals surface area contributed by atoms with Crippen molar-refractivity contribution in [1.29, 1.82) is 0 Å². The first-order chi connectivity index (χ1) is 12.0. The predicted octanol–water partition coefficient (Wildman–Crippen LogP) is 3.91. The molecule has 8 nitrogen and oxygen atoms in total. The summed E-state index contributed by atoms with van der Waals surface area (Å²) >= 11 is 0.757. The third-order valence-corrected chi connectivity index (χ3v) is 4.52. The number of nitrogens with one attached hydrogen (secondary N) is 1. The monoisotopic (exact) mass is 355 g/mol. The average molecular weight is 355 g/mol. The van der Waals surface area contributed by atoms with E-state index in [1.54, 1.807) is 24.4 Å². The SMILES string of the molecule is O=C1S/C(=C\c2ccc([N+](=O)[O-])o2)C(=O)N1c1ccc2[nH]ccc2c1. The molecule has 3 aromatic rings. The lowest BCUT2D eigenvalue weighted by molar-refractivity contribution is -0.402. The highest BCUT2D eigenvalue weighted by Crippen LogP contribution is 2.37. The molecular formula is C16H9N3O5S. The fraction of sp³-hybridized carbons (Fsp3) is 0. The Labute approximate surface area is 144 Å². The van der Waals surface area contributed by atoms with Gasteiger partial charge in [-0.05, 0) is 42.1 Å². The second-order valence-corrected chi connectivity index (χ2v) is 6.19. The first-order valence-electron chi connectivity index (χ1n) is 7.12. The molecule has 0 spiro atoms. The van der Waals surface area contributed by atoms with Crippen molar-refractivity contribution in [3.63, 3.8) is 0 Å². The number of carbonyl (C=O) groups excluding carboxylic acids is 2. The number of hydrogen-bond donors (Lipinski definition) is 1. The van der Waals surface area contributed by atoms with E-state index in [9.17, 15) is 19.7 Å². The molecule has 1 aromatic carbocycles. The van der Waals surface area contributed by atoms with Crippen molar-refractivity contribution in [1.82, 2.24) is 4.98 Å². The van der Waals surface area contributed by atoms with Crippen LogP contribution in [0.4, 0.5) is 16.4 Å². The average Bonchev–Trinajstić information content (AvgIpc) is 3.27. The minimum atomic E-state index is -0.671. The second-order valence-electron chi connectivity index (χ2n) is 5.20. The van der Waals surface area contributed by atoms with Crippen LogP contribution >= 0.6 is 11.8 Å². The quantitative estimate of drug-likeness (QED) is 0.433. The smallest absolute Gasteiger partial charge is 0.401 e. The van der Waals surface area contributed by atoms with Crippen LogP contribution in [0.3, 0.4) is 0 Å². The number of amides is 2. The second kappa shape index (κ2) is 5.64. The van der Waals surface area contributed by atoms with Crippen molar-refractivity contribution in [3.05, 3.63) is 63.4 Å². The number of benzene rings is 1. The van der Waals surface area contributed by atoms with E-state index in [0.717, 1.165) is 27.6 Å². The summed E-state index contributed by atoms with van der Waals surface area (Å²) in [7, 11) is 0. The fourth-order valence-electron chi connectivity index (χ4n) is 2.52. The zero-order chi connectivity index (χ0) is 17.6. The molecule has 3 heterocycles. The van der Waals surface area contributed by atoms with Crippen LogP contribution in [0.15, 0.2) is 51.9 Å². The van der Waals surface area contributed by atoms with Crippen LogP contribution < -0.4 is 4.90 Å². The van der Waals surface area contributed by atoms with Gasteiger partial charge in [0.05, 0.1) is 16.7 Å². The van der Waals surface area contributed by atoms with Gasteiger partial charge < -0.3 is 9.40 Å². The topological polar surface area (TPSA) is 109 Å². The molecule has 0 atom stereocenters. The van der Waals surface area contributed by atoms with Gasteiger partial charge in [-0.15, -0.1) is 0 Å². The molecular weight excluding hydrogens is 346 g/mol. The lowest BCUT2D eigenvalue weighted by Crippen LogP contribution is -2.27. The van der Waals surface area contributed by atoms with Gasteiger partial charge >= 0.3 is 5.88 Å². The number of rotatable bonds is 3. The molecule has 0 unspecified atom stereocenters. The minimum absolute atomic E-state index is 0.137. The lowest BCUT2D eigenvalue weighted by atomic mass is 10.2. The van der Waals surface area contributed by atoms with Crippen molar-refractivity contribution in [2.45, 2.75) is 0 Å². The number of thioether (sulfide) groups is 1. The van der Waals surface area contributed by atoms with Gasteiger partial charge in [-0.3, -0.25) is 19.7 Å². The minimum Gasteiger partial charge on any atom is -0.401 e. The molecule has 0 saturated carbocycles. The standard InChI is InChI=1S/C16H9N3O5S/c20-15-13(8-11-2-4-14(24-11)19(22)23)25-16(21)18(15)10-1-3-12-9(7-10)5-6-17-12/h1-8,17H/b13-8-. The summed E-state index contributed by atoms with van der Waals surface area (Å²) in [5, 5.41) is 11.1. The Balaban J connectivity index is 1.67. The summed E-state index contributed by atoms with van der Waals surface area (Å²) in [5.74, 6) is -0.786. The first kappa shape index (κ1) is 15.2. The molecule has 1 aliphatic heterocycles. The fourth-order valence-corrected chi connectivity index (χ4v) is 3.34. The summed E-state index contributed by atoms with van der Waals surface area (Å²) in [6.45, 7) is 0. The van der Waals surface area contributed by atoms with Crippen LogP contribution in [-0.2, 0) is 4.79 Å². The van der Waals surface area contributed by atoms with Crippen molar-refractivity contribution in [2.24, 2.45) is 0 Å². The van der Waals surface area contributed by atoms with E-state index in [-0.39, 0.29) is 10.7 Å². The molecule has 4 rings (SSSR count). The Kier molecular flexibility index (Phi) is 3.43. The maximum atomic E-state index is 12.6. The van der Waals surface area contributed by atoms with Gasteiger partial charge in [0.25, 0.3) is 11.1 Å². The maximum Gasteiger partial charge on any atom is 0.433 e. The molecule has 1 saturated heterocycles. The maximum absolute atomic E-state index is 12.6. The van der Waals surface area contributed by atoms with Gasteiger partial charge in [-0.1, -0.05) is 0 Å². The summed E-state index contributed by atoms with van der Waals surface area (Å²) in [6.07, 6.45) is 3.10. The van der Waals surface area contributed by atoms with Gasteiger partial charge in [-0.2, -0.15) is 0 Å². The molecule has 0 bridgehead atoms. The molecule has 0 aliphatic carbocycles. The van der Waals surface area contributed by atoms with E-state index in [1.165, 1.54) is 18.2 Å². The van der Waals surface area contributed by atoms with Gasteiger partial charge in [0.2, 0.25) is 0 Å². The number of aromatic amines is 1. The molecule has 0 radical (unpaired) electrons. The number of furan rings is 1. The van der Waals surface area contributed by atoms with Gasteiger partial charge in [0.15, 0.2) is 0 Å². The van der Waals surface area contributed by atoms with E-state index in [1.807, 2.05) is 6.07 Å².